The van der Waals surface area contributed by atoms with Crippen molar-refractivity contribution in [2.75, 3.05) is 26.7 Å². The van der Waals surface area contributed by atoms with Crippen LogP contribution in [0.4, 0.5) is 0 Å². The van der Waals surface area contributed by atoms with Crippen molar-refractivity contribution in [2.45, 2.75) is 25.7 Å². The number of rotatable bonds is 5. The van der Waals surface area contributed by atoms with Crippen molar-refractivity contribution in [1.29, 1.82) is 0 Å². The van der Waals surface area contributed by atoms with Crippen molar-refractivity contribution < 1.29 is 9.53 Å². The Balaban J connectivity index is 1.71. The van der Waals surface area contributed by atoms with E-state index in [1.165, 1.54) is 0 Å². The number of aryl methyl sites for hydroxylation is 1. The van der Waals surface area contributed by atoms with Gasteiger partial charge >= 0.3 is 0 Å². The van der Waals surface area contributed by atoms with Gasteiger partial charge in [0.2, 0.25) is 11.8 Å². The van der Waals surface area contributed by atoms with Crippen molar-refractivity contribution in [3.63, 3.8) is 0 Å². The molecule has 2 heterocycles. The molecule has 3 rings (SSSR count). The minimum absolute atomic E-state index is 0.132. The van der Waals surface area contributed by atoms with E-state index in [2.05, 4.69) is 15.3 Å². The smallest absolute Gasteiger partial charge is 0.238 e. The maximum atomic E-state index is 12.1. The second-order valence-corrected chi connectivity index (χ2v) is 6.41. The first kappa shape index (κ1) is 17.4. The van der Waals surface area contributed by atoms with Crippen molar-refractivity contribution in [1.82, 2.24) is 20.2 Å². The molecule has 1 fully saturated rings. The van der Waals surface area contributed by atoms with Gasteiger partial charge in [0.25, 0.3) is 0 Å². The lowest BCUT2D eigenvalue weighted by Crippen LogP contribution is -2.43. The van der Waals surface area contributed by atoms with Crippen LogP contribution in [0, 0.1) is 6.92 Å². The van der Waals surface area contributed by atoms with Gasteiger partial charge in [-0.3, -0.25) is 9.78 Å². The molecule has 0 saturated carbocycles. The fraction of sp³-hybridized carbons (Fsp3) is 0.421. The molecule has 1 aromatic carbocycles. The molecule has 0 unspecified atom stereocenters. The molecule has 2 aromatic rings. The second kappa shape index (κ2) is 8.07. The third-order valence-electron chi connectivity index (χ3n) is 4.36. The van der Waals surface area contributed by atoms with Gasteiger partial charge in [0.1, 0.15) is 5.75 Å². The number of aromatic nitrogens is 2. The molecule has 1 N–H and O–H groups in total. The van der Waals surface area contributed by atoms with Crippen molar-refractivity contribution in [3.8, 4) is 11.6 Å². The molecular weight excluding hydrogens is 316 g/mol. The lowest BCUT2D eigenvalue weighted by molar-refractivity contribution is -0.131. The largest absolute Gasteiger partial charge is 0.437 e. The van der Waals surface area contributed by atoms with E-state index in [1.807, 2.05) is 36.1 Å². The fourth-order valence-corrected chi connectivity index (χ4v) is 3.12. The zero-order chi connectivity index (χ0) is 17.6. The third kappa shape index (κ3) is 4.54. The number of ether oxygens (including phenoxy) is 1. The normalized spacial score (nSPS) is 17.4. The van der Waals surface area contributed by atoms with E-state index < -0.39 is 0 Å². The Morgan fingerprint density at radius 2 is 2.28 bits per heavy atom. The van der Waals surface area contributed by atoms with E-state index in [-0.39, 0.29) is 11.8 Å². The van der Waals surface area contributed by atoms with Crippen LogP contribution in [0.3, 0.4) is 0 Å². The molecular formula is C19H24N4O2. The zero-order valence-corrected chi connectivity index (χ0v) is 14.7. The van der Waals surface area contributed by atoms with Crippen molar-refractivity contribution in [3.05, 3.63) is 47.9 Å². The van der Waals surface area contributed by atoms with Crippen LogP contribution in [0.25, 0.3) is 0 Å². The van der Waals surface area contributed by atoms with Gasteiger partial charge in [-0.2, -0.15) is 0 Å². The van der Waals surface area contributed by atoms with E-state index in [1.54, 1.807) is 19.4 Å². The number of hydrogen-bond acceptors (Lipinski definition) is 5. The highest BCUT2D eigenvalue weighted by atomic mass is 16.5. The Morgan fingerprint density at radius 1 is 1.40 bits per heavy atom. The summed E-state index contributed by atoms with van der Waals surface area (Å²) < 4.78 is 5.84. The van der Waals surface area contributed by atoms with E-state index in [0.717, 1.165) is 36.4 Å². The van der Waals surface area contributed by atoms with Crippen LogP contribution >= 0.6 is 0 Å². The van der Waals surface area contributed by atoms with Crippen molar-refractivity contribution >= 4 is 5.91 Å². The van der Waals surface area contributed by atoms with Crippen LogP contribution in [-0.2, 0) is 4.79 Å². The summed E-state index contributed by atoms with van der Waals surface area (Å²) >= 11 is 0. The highest BCUT2D eigenvalue weighted by Crippen LogP contribution is 2.27. The molecule has 1 aliphatic heterocycles. The van der Waals surface area contributed by atoms with Gasteiger partial charge in [0.05, 0.1) is 18.4 Å². The standard InChI is InChI=1S/C19H24N4O2/c1-14-5-3-7-16(9-14)25-18-11-21-10-17(22-18)15-6-4-8-23(13-15)19(24)12-20-2/h3,5,7,9-11,15,20H,4,6,8,12-13H2,1-2H3/t15-/m1/s1. The summed E-state index contributed by atoms with van der Waals surface area (Å²) in [4.78, 5) is 22.9. The molecule has 132 valence electrons. The number of carbonyl (C=O) groups is 1. The number of nitrogens with zero attached hydrogens (tertiary/aromatic N) is 3. The zero-order valence-electron chi connectivity index (χ0n) is 14.7. The molecule has 1 aliphatic rings. The van der Waals surface area contributed by atoms with Gasteiger partial charge in [0, 0.05) is 25.2 Å². The Bertz CT molecular complexity index is 735. The summed E-state index contributed by atoms with van der Waals surface area (Å²) in [6.07, 6.45) is 5.38. The number of nitrogens with one attached hydrogen (secondary N) is 1. The number of likely N-dealkylation sites (N-methyl/N-ethyl adjacent to an activating group) is 1. The monoisotopic (exact) mass is 340 g/mol. The summed E-state index contributed by atoms with van der Waals surface area (Å²) in [5.74, 6) is 1.57. The molecule has 25 heavy (non-hydrogen) atoms. The Morgan fingerprint density at radius 3 is 3.08 bits per heavy atom. The number of hydrogen-bond donors (Lipinski definition) is 1. The molecule has 0 bridgehead atoms. The highest BCUT2D eigenvalue weighted by Gasteiger charge is 2.25. The maximum absolute atomic E-state index is 12.1. The number of carbonyl (C=O) groups excluding carboxylic acids is 1. The molecule has 0 spiro atoms. The summed E-state index contributed by atoms with van der Waals surface area (Å²) in [5.41, 5.74) is 2.01. The lowest BCUT2D eigenvalue weighted by atomic mass is 9.95. The lowest BCUT2D eigenvalue weighted by Gasteiger charge is -2.32. The predicted octanol–water partition coefficient (Wildman–Crippen LogP) is 2.50. The number of amides is 1. The Kier molecular flexibility index (Phi) is 5.60. The van der Waals surface area contributed by atoms with E-state index in [9.17, 15) is 4.79 Å². The average molecular weight is 340 g/mol. The van der Waals surface area contributed by atoms with Gasteiger partial charge in [-0.25, -0.2) is 4.98 Å². The first-order valence-electron chi connectivity index (χ1n) is 8.64. The first-order chi connectivity index (χ1) is 12.2. The molecule has 0 radical (unpaired) electrons. The van der Waals surface area contributed by atoms with Gasteiger partial charge in [-0.1, -0.05) is 12.1 Å². The SMILES string of the molecule is CNCC(=O)N1CCC[C@@H](c2cncc(Oc3cccc(C)c3)n2)C1. The maximum Gasteiger partial charge on any atom is 0.238 e. The molecule has 0 aliphatic carbocycles. The summed E-state index contributed by atoms with van der Waals surface area (Å²) in [6, 6.07) is 7.84. The Labute approximate surface area is 148 Å². The van der Waals surface area contributed by atoms with Crippen LogP contribution in [-0.4, -0.2) is 47.5 Å². The van der Waals surface area contributed by atoms with Crippen LogP contribution in [0.5, 0.6) is 11.6 Å². The fourth-order valence-electron chi connectivity index (χ4n) is 3.12. The second-order valence-electron chi connectivity index (χ2n) is 6.41. The van der Waals surface area contributed by atoms with Gasteiger partial charge in [-0.15, -0.1) is 0 Å². The van der Waals surface area contributed by atoms with Gasteiger partial charge < -0.3 is 15.0 Å². The Hall–Kier alpha value is -2.47. The summed E-state index contributed by atoms with van der Waals surface area (Å²) in [5, 5.41) is 2.92. The van der Waals surface area contributed by atoms with E-state index >= 15 is 0 Å². The molecule has 1 amide bonds. The molecule has 6 heteroatoms. The number of piperidine rings is 1. The predicted molar refractivity (Wildman–Crippen MR) is 95.8 cm³/mol. The van der Waals surface area contributed by atoms with E-state index in [4.69, 9.17) is 4.74 Å². The highest BCUT2D eigenvalue weighted by molar-refractivity contribution is 5.78. The topological polar surface area (TPSA) is 67.4 Å². The van der Waals surface area contributed by atoms with Crippen LogP contribution in [0.1, 0.15) is 30.0 Å². The summed E-state index contributed by atoms with van der Waals surface area (Å²) in [6.45, 7) is 3.88. The number of benzene rings is 1. The first-order valence-corrected chi connectivity index (χ1v) is 8.64. The van der Waals surface area contributed by atoms with Gasteiger partial charge in [0.15, 0.2) is 0 Å². The quantitative estimate of drug-likeness (QED) is 0.906. The average Bonchev–Trinajstić information content (AvgIpc) is 2.62. The molecule has 6 nitrogen and oxygen atoms in total. The minimum atomic E-state index is 0.132. The number of likely N-dealkylation sites (tertiary alicyclic amines) is 1. The third-order valence-corrected chi connectivity index (χ3v) is 4.36. The van der Waals surface area contributed by atoms with E-state index in [0.29, 0.717) is 19.0 Å². The van der Waals surface area contributed by atoms with Crippen LogP contribution in [0.2, 0.25) is 0 Å². The van der Waals surface area contributed by atoms with Crippen LogP contribution < -0.4 is 10.1 Å². The van der Waals surface area contributed by atoms with Crippen molar-refractivity contribution in [2.24, 2.45) is 0 Å². The van der Waals surface area contributed by atoms with Crippen LogP contribution in [0.15, 0.2) is 36.7 Å². The molecule has 1 atom stereocenters. The summed E-state index contributed by atoms with van der Waals surface area (Å²) in [7, 11) is 1.79. The molecule has 1 aromatic heterocycles. The molecule has 1 saturated heterocycles. The van der Waals surface area contributed by atoms with Gasteiger partial charge in [-0.05, 0) is 44.5 Å². The minimum Gasteiger partial charge on any atom is -0.437 e.